The van der Waals surface area contributed by atoms with Crippen LogP contribution in [0.4, 0.5) is 0 Å². The number of nitrogens with zero attached hydrogens (tertiary/aromatic N) is 1. The molecule has 134 valence electrons. The molecule has 2 aromatic carbocycles. The molecule has 1 heterocycles. The molecule has 0 saturated carbocycles. The molecule has 0 aromatic heterocycles. The van der Waals surface area contributed by atoms with Crippen molar-refractivity contribution >= 4 is 28.2 Å². The van der Waals surface area contributed by atoms with Crippen LogP contribution in [0.15, 0.2) is 59.5 Å². The van der Waals surface area contributed by atoms with Gasteiger partial charge in [0.15, 0.2) is 5.78 Å². The predicted molar refractivity (Wildman–Crippen MR) is 99.5 cm³/mol. The molecule has 0 bridgehead atoms. The first kappa shape index (κ1) is 19.6. The number of rotatable bonds is 4. The molecule has 1 saturated heterocycles. The number of piperidine rings is 1. The number of carbonyl (C=O) groups excluding carboxylic acids is 1. The van der Waals surface area contributed by atoms with E-state index in [9.17, 15) is 13.2 Å². The van der Waals surface area contributed by atoms with Crippen molar-refractivity contribution in [1.82, 2.24) is 4.31 Å². The minimum absolute atomic E-state index is 0. The highest BCUT2D eigenvalue weighted by Gasteiger charge is 2.31. The maximum absolute atomic E-state index is 13.0. The second-order valence-electron chi connectivity index (χ2n) is 5.93. The lowest BCUT2D eigenvalue weighted by molar-refractivity contribution is 0.103. The molecule has 0 aliphatic carbocycles. The zero-order valence-corrected chi connectivity index (χ0v) is 15.3. The Kier molecular flexibility index (Phi) is 6.35. The van der Waals surface area contributed by atoms with Crippen molar-refractivity contribution in [2.45, 2.75) is 23.8 Å². The molecule has 0 atom stereocenters. The Hall–Kier alpha value is -1.73. The lowest BCUT2D eigenvalue weighted by atomic mass is 10.0. The summed E-state index contributed by atoms with van der Waals surface area (Å²) in [6.07, 6.45) is 1.27. The number of hydrogen-bond acceptors (Lipinski definition) is 4. The first-order valence-corrected chi connectivity index (χ1v) is 9.38. The summed E-state index contributed by atoms with van der Waals surface area (Å²) in [6.45, 7) is 0.773. The largest absolute Gasteiger partial charge is 0.328 e. The molecule has 2 aromatic rings. The first-order valence-electron chi connectivity index (χ1n) is 7.94. The van der Waals surface area contributed by atoms with Crippen LogP contribution in [0.25, 0.3) is 0 Å². The first-order chi connectivity index (χ1) is 11.5. The van der Waals surface area contributed by atoms with Crippen molar-refractivity contribution in [3.05, 3.63) is 65.7 Å². The SMILES string of the molecule is Cl.NC1CCN(S(=O)(=O)c2ccccc2C(=O)c2ccccc2)CC1. The third-order valence-electron chi connectivity index (χ3n) is 4.28. The van der Waals surface area contributed by atoms with Crippen LogP contribution in [0, 0.1) is 0 Å². The molecule has 0 radical (unpaired) electrons. The summed E-state index contributed by atoms with van der Waals surface area (Å²) in [4.78, 5) is 12.8. The summed E-state index contributed by atoms with van der Waals surface area (Å²) >= 11 is 0. The second-order valence-corrected chi connectivity index (χ2v) is 7.84. The third-order valence-corrected chi connectivity index (χ3v) is 6.24. The van der Waals surface area contributed by atoms with E-state index in [1.807, 2.05) is 6.07 Å². The van der Waals surface area contributed by atoms with Gasteiger partial charge in [0, 0.05) is 30.3 Å². The molecular formula is C18H21ClN2O3S. The maximum atomic E-state index is 13.0. The summed E-state index contributed by atoms with van der Waals surface area (Å²) in [5.41, 5.74) is 6.54. The van der Waals surface area contributed by atoms with Gasteiger partial charge >= 0.3 is 0 Å². The average Bonchev–Trinajstić information content (AvgIpc) is 2.62. The lowest BCUT2D eigenvalue weighted by Gasteiger charge is -2.29. The summed E-state index contributed by atoms with van der Waals surface area (Å²) in [5, 5.41) is 0. The molecule has 3 rings (SSSR count). The summed E-state index contributed by atoms with van der Waals surface area (Å²) in [7, 11) is -3.71. The van der Waals surface area contributed by atoms with Crippen molar-refractivity contribution in [2.24, 2.45) is 5.73 Å². The van der Waals surface area contributed by atoms with Crippen molar-refractivity contribution in [2.75, 3.05) is 13.1 Å². The highest BCUT2D eigenvalue weighted by Crippen LogP contribution is 2.25. The Morgan fingerprint density at radius 2 is 1.52 bits per heavy atom. The van der Waals surface area contributed by atoms with Gasteiger partial charge in [-0.25, -0.2) is 8.42 Å². The maximum Gasteiger partial charge on any atom is 0.243 e. The Morgan fingerprint density at radius 1 is 0.960 bits per heavy atom. The van der Waals surface area contributed by atoms with Gasteiger partial charge in [-0.2, -0.15) is 4.31 Å². The summed E-state index contributed by atoms with van der Waals surface area (Å²) in [5.74, 6) is -0.288. The van der Waals surface area contributed by atoms with Gasteiger partial charge in [0.1, 0.15) is 0 Å². The zero-order valence-electron chi connectivity index (χ0n) is 13.7. The average molecular weight is 381 g/mol. The van der Waals surface area contributed by atoms with Crippen molar-refractivity contribution < 1.29 is 13.2 Å². The van der Waals surface area contributed by atoms with E-state index in [1.165, 1.54) is 10.4 Å². The number of sulfonamides is 1. The molecule has 1 aliphatic rings. The minimum Gasteiger partial charge on any atom is -0.328 e. The van der Waals surface area contributed by atoms with Crippen LogP contribution in [0.2, 0.25) is 0 Å². The fourth-order valence-corrected chi connectivity index (χ4v) is 4.54. The number of hydrogen-bond donors (Lipinski definition) is 1. The van der Waals surface area contributed by atoms with E-state index in [1.54, 1.807) is 42.5 Å². The van der Waals surface area contributed by atoms with Gasteiger partial charge in [0.25, 0.3) is 0 Å². The van der Waals surface area contributed by atoms with E-state index < -0.39 is 10.0 Å². The number of ketones is 1. The number of halogens is 1. The van der Waals surface area contributed by atoms with E-state index in [2.05, 4.69) is 0 Å². The van der Waals surface area contributed by atoms with Crippen molar-refractivity contribution in [3.8, 4) is 0 Å². The molecule has 0 amide bonds. The number of benzene rings is 2. The van der Waals surface area contributed by atoms with Gasteiger partial charge in [0.2, 0.25) is 10.0 Å². The Morgan fingerprint density at radius 3 is 2.16 bits per heavy atom. The third kappa shape index (κ3) is 4.10. The van der Waals surface area contributed by atoms with Gasteiger partial charge < -0.3 is 5.73 Å². The second kappa shape index (κ2) is 8.10. The fourth-order valence-electron chi connectivity index (χ4n) is 2.88. The normalized spacial score (nSPS) is 16.2. The number of carbonyl (C=O) groups is 1. The van der Waals surface area contributed by atoms with Gasteiger partial charge in [0.05, 0.1) is 4.90 Å². The van der Waals surface area contributed by atoms with Gasteiger partial charge in [-0.15, -0.1) is 12.4 Å². The van der Waals surface area contributed by atoms with E-state index in [0.717, 1.165) is 0 Å². The lowest BCUT2D eigenvalue weighted by Crippen LogP contribution is -2.43. The predicted octanol–water partition coefficient (Wildman–Crippen LogP) is 2.45. The Balaban J connectivity index is 0.00000225. The monoisotopic (exact) mass is 380 g/mol. The van der Waals surface area contributed by atoms with Crippen LogP contribution in [-0.4, -0.2) is 37.6 Å². The Bertz CT molecular complexity index is 832. The zero-order chi connectivity index (χ0) is 17.2. The standard InChI is InChI=1S/C18H20N2O3S.ClH/c19-15-10-12-20(13-11-15)24(22,23)17-9-5-4-8-16(17)18(21)14-6-2-1-3-7-14;/h1-9,15H,10-13,19H2;1H. The van der Waals surface area contributed by atoms with E-state index in [-0.39, 0.29) is 34.7 Å². The van der Waals surface area contributed by atoms with Crippen LogP contribution in [0.5, 0.6) is 0 Å². The molecule has 7 heteroatoms. The minimum atomic E-state index is -3.71. The molecule has 5 nitrogen and oxygen atoms in total. The summed E-state index contributed by atoms with van der Waals surface area (Å²) < 4.78 is 27.4. The van der Waals surface area contributed by atoms with Crippen LogP contribution >= 0.6 is 12.4 Å². The van der Waals surface area contributed by atoms with E-state index >= 15 is 0 Å². The topological polar surface area (TPSA) is 80.5 Å². The van der Waals surface area contributed by atoms with Gasteiger partial charge in [-0.1, -0.05) is 42.5 Å². The van der Waals surface area contributed by atoms with Gasteiger partial charge in [-0.05, 0) is 25.0 Å². The van der Waals surface area contributed by atoms with E-state index in [4.69, 9.17) is 5.73 Å². The highest BCUT2D eigenvalue weighted by atomic mass is 35.5. The molecule has 1 fully saturated rings. The molecule has 0 unspecified atom stereocenters. The van der Waals surface area contributed by atoms with Crippen molar-refractivity contribution in [3.63, 3.8) is 0 Å². The molecule has 25 heavy (non-hydrogen) atoms. The smallest absolute Gasteiger partial charge is 0.243 e. The Labute approximate surface area is 154 Å². The highest BCUT2D eigenvalue weighted by molar-refractivity contribution is 7.89. The van der Waals surface area contributed by atoms with E-state index in [0.29, 0.717) is 31.5 Å². The fraction of sp³-hybridized carbons (Fsp3) is 0.278. The van der Waals surface area contributed by atoms with Crippen LogP contribution in [0.3, 0.4) is 0 Å². The van der Waals surface area contributed by atoms with Crippen molar-refractivity contribution in [1.29, 1.82) is 0 Å². The van der Waals surface area contributed by atoms with Gasteiger partial charge in [-0.3, -0.25) is 4.79 Å². The quantitative estimate of drug-likeness (QED) is 0.826. The number of nitrogens with two attached hydrogens (primary N) is 1. The van der Waals surface area contributed by atoms with Crippen LogP contribution in [0.1, 0.15) is 28.8 Å². The molecular weight excluding hydrogens is 360 g/mol. The molecule has 1 aliphatic heterocycles. The molecule has 0 spiro atoms. The molecule has 2 N–H and O–H groups in total. The van der Waals surface area contributed by atoms with Crippen LogP contribution < -0.4 is 5.73 Å². The summed E-state index contributed by atoms with van der Waals surface area (Å²) in [6, 6.07) is 15.1. The van der Waals surface area contributed by atoms with Crippen LogP contribution in [-0.2, 0) is 10.0 Å².